The third kappa shape index (κ3) is 2.90. The molecule has 0 aromatic carbocycles. The molecule has 0 aliphatic heterocycles. The molecular weight excluding hydrogens is 218 g/mol. The molecule has 0 saturated carbocycles. The van der Waals surface area contributed by atoms with Gasteiger partial charge in [-0.3, -0.25) is 4.79 Å². The maximum Gasteiger partial charge on any atom is 0.168 e. The number of imidazole rings is 1. The van der Waals surface area contributed by atoms with Crippen LogP contribution in [0.2, 0.25) is 0 Å². The van der Waals surface area contributed by atoms with Crippen molar-refractivity contribution in [3.63, 3.8) is 0 Å². The molecular formula is C12H13N3O2. The van der Waals surface area contributed by atoms with Gasteiger partial charge in [-0.2, -0.15) is 0 Å². The lowest BCUT2D eigenvalue weighted by atomic mass is 10.4. The first-order valence-corrected chi connectivity index (χ1v) is 5.31. The van der Waals surface area contributed by atoms with Crippen LogP contribution in [0.25, 0.3) is 0 Å². The molecule has 2 aromatic heterocycles. The summed E-state index contributed by atoms with van der Waals surface area (Å²) < 4.78 is 7.51. The average Bonchev–Trinajstić information content (AvgIpc) is 2.76. The maximum absolute atomic E-state index is 10.4. The van der Waals surface area contributed by atoms with Crippen molar-refractivity contribution in [2.45, 2.75) is 13.5 Å². The lowest BCUT2D eigenvalue weighted by Crippen LogP contribution is -2.08. The van der Waals surface area contributed by atoms with E-state index in [9.17, 15) is 4.79 Å². The normalized spacial score (nSPS) is 10.2. The van der Waals surface area contributed by atoms with Crippen LogP contribution in [0.1, 0.15) is 16.3 Å². The first kappa shape index (κ1) is 11.3. The molecule has 0 spiro atoms. The lowest BCUT2D eigenvalue weighted by Gasteiger charge is -2.07. The fourth-order valence-corrected chi connectivity index (χ4v) is 1.45. The fourth-order valence-electron chi connectivity index (χ4n) is 1.45. The van der Waals surface area contributed by atoms with Crippen molar-refractivity contribution in [1.82, 2.24) is 14.5 Å². The van der Waals surface area contributed by atoms with Crippen molar-refractivity contribution in [1.29, 1.82) is 0 Å². The molecule has 2 heterocycles. The highest BCUT2D eigenvalue weighted by Gasteiger charge is 1.98. The fraction of sp³-hybridized carbons (Fsp3) is 0.250. The van der Waals surface area contributed by atoms with Gasteiger partial charge in [0.25, 0.3) is 0 Å². The number of hydrogen-bond acceptors (Lipinski definition) is 4. The van der Waals surface area contributed by atoms with Gasteiger partial charge in [-0.1, -0.05) is 0 Å². The molecule has 0 fully saturated rings. The Kier molecular flexibility index (Phi) is 3.49. The van der Waals surface area contributed by atoms with E-state index < -0.39 is 0 Å². The van der Waals surface area contributed by atoms with Crippen LogP contribution in [0.5, 0.6) is 5.75 Å². The van der Waals surface area contributed by atoms with Gasteiger partial charge in [0.2, 0.25) is 0 Å². The molecule has 2 aromatic rings. The van der Waals surface area contributed by atoms with Gasteiger partial charge < -0.3 is 9.30 Å². The van der Waals surface area contributed by atoms with E-state index in [0.29, 0.717) is 24.3 Å². The van der Waals surface area contributed by atoms with Crippen LogP contribution in [-0.4, -0.2) is 27.4 Å². The van der Waals surface area contributed by atoms with Crippen LogP contribution in [0.4, 0.5) is 0 Å². The van der Waals surface area contributed by atoms with Crippen LogP contribution >= 0.6 is 0 Å². The molecule has 0 aliphatic carbocycles. The topological polar surface area (TPSA) is 57.0 Å². The molecule has 17 heavy (non-hydrogen) atoms. The van der Waals surface area contributed by atoms with E-state index in [1.165, 1.54) is 0 Å². The van der Waals surface area contributed by atoms with Gasteiger partial charge in [-0.05, 0) is 19.1 Å². The zero-order chi connectivity index (χ0) is 12.1. The number of hydrogen-bond donors (Lipinski definition) is 0. The van der Waals surface area contributed by atoms with Crippen molar-refractivity contribution in [3.05, 3.63) is 42.2 Å². The second kappa shape index (κ2) is 5.25. The quantitative estimate of drug-likeness (QED) is 0.731. The number of rotatable bonds is 5. The van der Waals surface area contributed by atoms with E-state index in [0.717, 1.165) is 12.4 Å². The first-order chi connectivity index (χ1) is 8.29. The highest BCUT2D eigenvalue weighted by molar-refractivity contribution is 5.71. The number of aldehydes is 1. The lowest BCUT2D eigenvalue weighted by molar-refractivity contribution is 0.111. The number of nitrogens with zero attached hydrogens (tertiary/aromatic N) is 3. The predicted molar refractivity (Wildman–Crippen MR) is 62.1 cm³/mol. The average molecular weight is 231 g/mol. The zero-order valence-corrected chi connectivity index (χ0v) is 9.54. The van der Waals surface area contributed by atoms with Crippen LogP contribution < -0.4 is 4.74 Å². The van der Waals surface area contributed by atoms with Crippen molar-refractivity contribution in [2.75, 3.05) is 6.61 Å². The number of ether oxygens (including phenoxy) is 1. The van der Waals surface area contributed by atoms with Crippen molar-refractivity contribution >= 4 is 6.29 Å². The first-order valence-electron chi connectivity index (χ1n) is 5.31. The Balaban J connectivity index is 1.85. The molecule has 5 heteroatoms. The predicted octanol–water partition coefficient (Wildman–Crippen LogP) is 1.48. The Morgan fingerprint density at radius 1 is 1.41 bits per heavy atom. The molecule has 0 amide bonds. The Labute approximate surface area is 99.1 Å². The van der Waals surface area contributed by atoms with Crippen LogP contribution in [-0.2, 0) is 6.54 Å². The van der Waals surface area contributed by atoms with Gasteiger partial charge in [-0.25, -0.2) is 9.97 Å². The van der Waals surface area contributed by atoms with Gasteiger partial charge in [0, 0.05) is 12.4 Å². The Bertz CT molecular complexity index is 491. The monoisotopic (exact) mass is 231 g/mol. The summed E-state index contributed by atoms with van der Waals surface area (Å²) in [4.78, 5) is 18.5. The Hall–Kier alpha value is -2.17. The number of aryl methyl sites for hydroxylation is 1. The van der Waals surface area contributed by atoms with Crippen LogP contribution in [0.3, 0.4) is 0 Å². The number of aromatic nitrogens is 3. The molecule has 2 rings (SSSR count). The van der Waals surface area contributed by atoms with E-state index in [-0.39, 0.29) is 0 Å². The van der Waals surface area contributed by atoms with Crippen molar-refractivity contribution < 1.29 is 9.53 Å². The third-order valence-electron chi connectivity index (χ3n) is 2.40. The molecule has 0 unspecified atom stereocenters. The number of carbonyl (C=O) groups excluding carboxylic acids is 1. The summed E-state index contributed by atoms with van der Waals surface area (Å²) in [5.74, 6) is 1.62. The van der Waals surface area contributed by atoms with Crippen molar-refractivity contribution in [2.24, 2.45) is 0 Å². The Morgan fingerprint density at radius 3 is 2.88 bits per heavy atom. The molecule has 0 N–H and O–H groups in total. The van der Waals surface area contributed by atoms with E-state index >= 15 is 0 Å². The second-order valence-electron chi connectivity index (χ2n) is 3.55. The summed E-state index contributed by atoms with van der Waals surface area (Å²) in [5, 5.41) is 0. The van der Waals surface area contributed by atoms with Gasteiger partial charge in [-0.15, -0.1) is 0 Å². The maximum atomic E-state index is 10.4. The van der Waals surface area contributed by atoms with Gasteiger partial charge in [0.15, 0.2) is 6.29 Å². The molecule has 0 aliphatic rings. The highest BCUT2D eigenvalue weighted by Crippen LogP contribution is 2.08. The van der Waals surface area contributed by atoms with E-state index in [2.05, 4.69) is 9.97 Å². The van der Waals surface area contributed by atoms with Gasteiger partial charge in [0.1, 0.15) is 23.9 Å². The van der Waals surface area contributed by atoms with Crippen LogP contribution in [0, 0.1) is 6.92 Å². The Morgan fingerprint density at radius 2 is 2.29 bits per heavy atom. The summed E-state index contributed by atoms with van der Waals surface area (Å²) in [6.07, 6.45) is 5.92. The van der Waals surface area contributed by atoms with E-state index in [1.54, 1.807) is 24.5 Å². The molecule has 88 valence electrons. The van der Waals surface area contributed by atoms with E-state index in [1.807, 2.05) is 17.7 Å². The summed E-state index contributed by atoms with van der Waals surface area (Å²) in [6, 6.07) is 3.36. The summed E-state index contributed by atoms with van der Waals surface area (Å²) in [7, 11) is 0. The molecule has 5 nitrogen and oxygen atoms in total. The number of pyridine rings is 1. The van der Waals surface area contributed by atoms with E-state index in [4.69, 9.17) is 4.74 Å². The van der Waals surface area contributed by atoms with Gasteiger partial charge in [0.05, 0.1) is 12.7 Å². The largest absolute Gasteiger partial charge is 0.490 e. The summed E-state index contributed by atoms with van der Waals surface area (Å²) in [6.45, 7) is 3.22. The molecule has 0 bridgehead atoms. The van der Waals surface area contributed by atoms with Gasteiger partial charge >= 0.3 is 0 Å². The minimum Gasteiger partial charge on any atom is -0.490 e. The standard InChI is InChI=1S/C12H13N3O2/c1-10-13-4-5-15(10)6-7-17-12-3-2-11(9-16)14-8-12/h2-5,8-9H,6-7H2,1H3. The summed E-state index contributed by atoms with van der Waals surface area (Å²) in [5.41, 5.74) is 0.405. The molecule has 0 saturated heterocycles. The smallest absolute Gasteiger partial charge is 0.168 e. The molecule has 0 radical (unpaired) electrons. The van der Waals surface area contributed by atoms with Crippen LogP contribution in [0.15, 0.2) is 30.7 Å². The minimum atomic E-state index is 0.405. The molecule has 0 atom stereocenters. The third-order valence-corrected chi connectivity index (χ3v) is 2.40. The number of carbonyl (C=O) groups is 1. The SMILES string of the molecule is Cc1nccn1CCOc1ccc(C=O)nc1. The highest BCUT2D eigenvalue weighted by atomic mass is 16.5. The summed E-state index contributed by atoms with van der Waals surface area (Å²) >= 11 is 0. The second-order valence-corrected chi connectivity index (χ2v) is 3.55. The minimum absolute atomic E-state index is 0.405. The van der Waals surface area contributed by atoms with Crippen molar-refractivity contribution in [3.8, 4) is 5.75 Å². The zero-order valence-electron chi connectivity index (χ0n) is 9.54.